The van der Waals surface area contributed by atoms with Crippen molar-refractivity contribution in [1.82, 2.24) is 15.5 Å². The Morgan fingerprint density at radius 3 is 2.42 bits per heavy atom. The van der Waals surface area contributed by atoms with E-state index in [2.05, 4.69) is 46.5 Å². The number of carbonyl (C=O) groups excluding carboxylic acids is 1. The Hall–Kier alpha value is -1.39. The van der Waals surface area contributed by atoms with E-state index in [1.807, 2.05) is 24.1 Å². The number of ether oxygens (including phenoxy) is 1. The molecule has 1 amide bonds. The third-order valence-electron chi connectivity index (χ3n) is 5.82. The van der Waals surface area contributed by atoms with Gasteiger partial charge in [0.1, 0.15) is 0 Å². The standard InChI is InChI=1S/C23H37N5O2.HI/c1-18(2)15-21(27-11-13-30-14-12-27)17-26-23(24-3)25-16-19-6-8-20(9-7-19)28-10-4-5-22(28)29;/h6-9,18,21H,4-5,10-17H2,1-3H3,(H2,24,25,26);1H. The average molecular weight is 543 g/mol. The normalized spacial score (nSPS) is 18.8. The number of amides is 1. The molecule has 174 valence electrons. The minimum absolute atomic E-state index is 0. The van der Waals surface area contributed by atoms with Crippen molar-refractivity contribution in [3.8, 4) is 0 Å². The molecule has 0 bridgehead atoms. The topological polar surface area (TPSA) is 69.2 Å². The van der Waals surface area contributed by atoms with Crippen molar-refractivity contribution >= 4 is 41.5 Å². The van der Waals surface area contributed by atoms with E-state index >= 15 is 0 Å². The van der Waals surface area contributed by atoms with Crippen molar-refractivity contribution in [2.45, 2.75) is 45.7 Å². The third kappa shape index (κ3) is 7.91. The second-order valence-electron chi connectivity index (χ2n) is 8.55. The Morgan fingerprint density at radius 2 is 1.84 bits per heavy atom. The number of nitrogens with one attached hydrogen (secondary N) is 2. The lowest BCUT2D eigenvalue weighted by atomic mass is 10.0. The number of benzene rings is 1. The summed E-state index contributed by atoms with van der Waals surface area (Å²) >= 11 is 0. The maximum absolute atomic E-state index is 11.9. The van der Waals surface area contributed by atoms with Gasteiger partial charge in [0.25, 0.3) is 0 Å². The average Bonchev–Trinajstić information content (AvgIpc) is 3.19. The van der Waals surface area contributed by atoms with Crippen LogP contribution in [0.2, 0.25) is 0 Å². The third-order valence-corrected chi connectivity index (χ3v) is 5.82. The van der Waals surface area contributed by atoms with Gasteiger partial charge in [0.2, 0.25) is 5.91 Å². The summed E-state index contributed by atoms with van der Waals surface area (Å²) in [4.78, 5) is 20.7. The fourth-order valence-corrected chi connectivity index (χ4v) is 4.18. The second-order valence-corrected chi connectivity index (χ2v) is 8.55. The molecule has 2 aliphatic rings. The van der Waals surface area contributed by atoms with Crippen LogP contribution >= 0.6 is 24.0 Å². The lowest BCUT2D eigenvalue weighted by molar-refractivity contribution is -0.117. The zero-order chi connectivity index (χ0) is 21.3. The minimum atomic E-state index is 0. The van der Waals surface area contributed by atoms with E-state index in [-0.39, 0.29) is 29.9 Å². The van der Waals surface area contributed by atoms with Crippen molar-refractivity contribution in [3.63, 3.8) is 0 Å². The first-order valence-electron chi connectivity index (χ1n) is 11.2. The molecule has 1 atom stereocenters. The summed E-state index contributed by atoms with van der Waals surface area (Å²) in [6, 6.07) is 8.71. The van der Waals surface area contributed by atoms with Crippen molar-refractivity contribution < 1.29 is 9.53 Å². The van der Waals surface area contributed by atoms with E-state index in [4.69, 9.17) is 4.74 Å². The molecule has 31 heavy (non-hydrogen) atoms. The monoisotopic (exact) mass is 543 g/mol. The van der Waals surface area contributed by atoms with E-state index in [0.717, 1.165) is 63.9 Å². The minimum Gasteiger partial charge on any atom is -0.379 e. The van der Waals surface area contributed by atoms with Gasteiger partial charge in [-0.25, -0.2) is 0 Å². The lowest BCUT2D eigenvalue weighted by Gasteiger charge is -2.35. The van der Waals surface area contributed by atoms with Gasteiger partial charge in [-0.1, -0.05) is 26.0 Å². The Bertz CT molecular complexity index is 704. The largest absolute Gasteiger partial charge is 0.379 e. The van der Waals surface area contributed by atoms with Gasteiger partial charge in [-0.15, -0.1) is 24.0 Å². The Kier molecular flexibility index (Phi) is 11.0. The number of aliphatic imine (C=N–C) groups is 1. The molecule has 1 aromatic rings. The summed E-state index contributed by atoms with van der Waals surface area (Å²) in [5.74, 6) is 1.69. The molecule has 0 saturated carbocycles. The van der Waals surface area contributed by atoms with Crippen LogP contribution in [0.1, 0.15) is 38.7 Å². The number of nitrogens with zero attached hydrogens (tertiary/aromatic N) is 3. The number of rotatable bonds is 8. The molecular weight excluding hydrogens is 505 g/mol. The number of anilines is 1. The number of hydrogen-bond donors (Lipinski definition) is 2. The number of guanidine groups is 1. The molecule has 0 radical (unpaired) electrons. The van der Waals surface area contributed by atoms with Gasteiger partial charge in [-0.3, -0.25) is 14.7 Å². The van der Waals surface area contributed by atoms with Gasteiger partial charge in [0.05, 0.1) is 13.2 Å². The molecule has 2 heterocycles. The Balaban J connectivity index is 0.00000341. The van der Waals surface area contributed by atoms with Gasteiger partial charge < -0.3 is 20.3 Å². The molecule has 1 aromatic carbocycles. The van der Waals surface area contributed by atoms with Crippen LogP contribution in [-0.2, 0) is 16.1 Å². The van der Waals surface area contributed by atoms with Crippen LogP contribution in [0.15, 0.2) is 29.3 Å². The van der Waals surface area contributed by atoms with E-state index < -0.39 is 0 Å². The molecular formula is C23H38IN5O2. The fraction of sp³-hybridized carbons (Fsp3) is 0.652. The molecule has 7 nitrogen and oxygen atoms in total. The van der Waals surface area contributed by atoms with Crippen molar-refractivity contribution in [2.75, 3.05) is 51.3 Å². The number of hydrogen-bond acceptors (Lipinski definition) is 4. The van der Waals surface area contributed by atoms with E-state index in [9.17, 15) is 4.79 Å². The summed E-state index contributed by atoms with van der Waals surface area (Å²) in [6.45, 7) is 10.6. The van der Waals surface area contributed by atoms with Crippen molar-refractivity contribution in [2.24, 2.45) is 10.9 Å². The second kappa shape index (κ2) is 13.2. The molecule has 2 saturated heterocycles. The number of halogens is 1. The zero-order valence-electron chi connectivity index (χ0n) is 19.1. The maximum atomic E-state index is 11.9. The molecule has 8 heteroatoms. The van der Waals surface area contributed by atoms with Crippen molar-refractivity contribution in [3.05, 3.63) is 29.8 Å². The van der Waals surface area contributed by atoms with Crippen LogP contribution in [0.4, 0.5) is 5.69 Å². The molecule has 3 rings (SSSR count). The van der Waals surface area contributed by atoms with Crippen LogP contribution in [0, 0.1) is 5.92 Å². The van der Waals surface area contributed by atoms with Gasteiger partial charge in [0, 0.05) is 57.9 Å². The molecule has 0 aliphatic carbocycles. The van der Waals surface area contributed by atoms with Gasteiger partial charge in [0.15, 0.2) is 5.96 Å². The first kappa shape index (κ1) is 25.9. The van der Waals surface area contributed by atoms with E-state index in [1.54, 1.807) is 0 Å². The maximum Gasteiger partial charge on any atom is 0.227 e. The molecule has 0 spiro atoms. The lowest BCUT2D eigenvalue weighted by Crippen LogP contribution is -2.50. The highest BCUT2D eigenvalue weighted by Gasteiger charge is 2.23. The number of morpholine rings is 1. The summed E-state index contributed by atoms with van der Waals surface area (Å²) in [7, 11) is 1.81. The fourth-order valence-electron chi connectivity index (χ4n) is 4.18. The van der Waals surface area contributed by atoms with Crippen LogP contribution in [0.3, 0.4) is 0 Å². The first-order chi connectivity index (χ1) is 14.6. The summed E-state index contributed by atoms with van der Waals surface area (Å²) in [5.41, 5.74) is 2.16. The predicted molar refractivity (Wildman–Crippen MR) is 137 cm³/mol. The van der Waals surface area contributed by atoms with Gasteiger partial charge in [-0.2, -0.15) is 0 Å². The SMILES string of the molecule is CN=C(NCc1ccc(N2CCCC2=O)cc1)NCC(CC(C)C)N1CCOCC1.I. The predicted octanol–water partition coefficient (Wildman–Crippen LogP) is 2.84. The van der Waals surface area contributed by atoms with Crippen molar-refractivity contribution in [1.29, 1.82) is 0 Å². The summed E-state index contributed by atoms with van der Waals surface area (Å²) in [5, 5.41) is 6.92. The quantitative estimate of drug-likeness (QED) is 0.300. The zero-order valence-corrected chi connectivity index (χ0v) is 21.4. The summed E-state index contributed by atoms with van der Waals surface area (Å²) in [6.07, 6.45) is 2.76. The highest BCUT2D eigenvalue weighted by Crippen LogP contribution is 2.21. The molecule has 2 N–H and O–H groups in total. The molecule has 1 unspecified atom stereocenters. The highest BCUT2D eigenvalue weighted by molar-refractivity contribution is 14.0. The van der Waals surface area contributed by atoms with Crippen LogP contribution in [-0.4, -0.2) is 69.2 Å². The summed E-state index contributed by atoms with van der Waals surface area (Å²) < 4.78 is 5.52. The van der Waals surface area contributed by atoms with Crippen LogP contribution in [0.5, 0.6) is 0 Å². The highest BCUT2D eigenvalue weighted by atomic mass is 127. The number of carbonyl (C=O) groups is 1. The smallest absolute Gasteiger partial charge is 0.227 e. The van der Waals surface area contributed by atoms with E-state index in [1.165, 1.54) is 5.56 Å². The van der Waals surface area contributed by atoms with E-state index in [0.29, 0.717) is 24.9 Å². The van der Waals surface area contributed by atoms with Gasteiger partial charge in [-0.05, 0) is 36.5 Å². The van der Waals surface area contributed by atoms with Crippen LogP contribution in [0.25, 0.3) is 0 Å². The van der Waals surface area contributed by atoms with Crippen LogP contribution < -0.4 is 15.5 Å². The first-order valence-corrected chi connectivity index (χ1v) is 11.2. The Labute approximate surface area is 204 Å². The molecule has 2 fully saturated rings. The molecule has 0 aromatic heterocycles. The Morgan fingerprint density at radius 1 is 1.13 bits per heavy atom. The van der Waals surface area contributed by atoms with Gasteiger partial charge >= 0.3 is 0 Å². The molecule has 2 aliphatic heterocycles.